The van der Waals surface area contributed by atoms with Crippen molar-refractivity contribution in [1.29, 1.82) is 0 Å². The maximum atomic E-state index is 13.6. The second-order valence-corrected chi connectivity index (χ2v) is 7.56. The van der Waals surface area contributed by atoms with Crippen LogP contribution in [0.4, 0.5) is 5.13 Å². The minimum Gasteiger partial charge on any atom is -0.493 e. The average Bonchev–Trinajstić information content (AvgIpc) is 3.34. The summed E-state index contributed by atoms with van der Waals surface area (Å²) in [6.07, 6.45) is 0.425. The number of amides is 1. The van der Waals surface area contributed by atoms with E-state index in [0.29, 0.717) is 28.6 Å². The number of nitrogens with zero attached hydrogens (tertiary/aromatic N) is 2. The molecule has 0 radical (unpaired) electrons. The van der Waals surface area contributed by atoms with Crippen LogP contribution in [-0.4, -0.2) is 36.1 Å². The van der Waals surface area contributed by atoms with E-state index in [9.17, 15) is 9.59 Å². The molecule has 29 heavy (non-hydrogen) atoms. The van der Waals surface area contributed by atoms with Crippen LogP contribution in [-0.2, 0) is 10.2 Å². The van der Waals surface area contributed by atoms with Gasteiger partial charge in [0.05, 0.1) is 25.6 Å². The molecule has 1 aromatic heterocycles. The van der Waals surface area contributed by atoms with Crippen LogP contribution in [0.1, 0.15) is 22.3 Å². The van der Waals surface area contributed by atoms with Gasteiger partial charge in [-0.05, 0) is 30.2 Å². The average molecular weight is 409 g/mol. The monoisotopic (exact) mass is 409 g/mol. The summed E-state index contributed by atoms with van der Waals surface area (Å²) in [6.45, 7) is 0. The molecule has 1 heterocycles. The van der Waals surface area contributed by atoms with E-state index >= 15 is 0 Å². The molecule has 2 aromatic carbocycles. The summed E-state index contributed by atoms with van der Waals surface area (Å²) in [7, 11) is 3.06. The number of hydrogen-bond donors (Lipinski definition) is 1. The van der Waals surface area contributed by atoms with Gasteiger partial charge in [-0.1, -0.05) is 41.7 Å². The molecule has 0 bridgehead atoms. The third-order valence-corrected chi connectivity index (χ3v) is 5.81. The van der Waals surface area contributed by atoms with Crippen molar-refractivity contribution in [2.24, 2.45) is 5.92 Å². The largest absolute Gasteiger partial charge is 0.493 e. The van der Waals surface area contributed by atoms with Crippen LogP contribution in [0.5, 0.6) is 11.5 Å². The maximum Gasteiger partial charge on any atom is 0.230 e. The molecule has 1 N–H and O–H groups in total. The number of hydrogen-bond acceptors (Lipinski definition) is 7. The van der Waals surface area contributed by atoms with Crippen molar-refractivity contribution >= 4 is 28.2 Å². The van der Waals surface area contributed by atoms with Crippen LogP contribution < -0.4 is 14.8 Å². The van der Waals surface area contributed by atoms with Gasteiger partial charge in [0, 0.05) is 5.56 Å². The third kappa shape index (κ3) is 3.36. The first-order valence-electron chi connectivity index (χ1n) is 8.99. The van der Waals surface area contributed by atoms with Crippen LogP contribution >= 0.6 is 11.3 Å². The van der Waals surface area contributed by atoms with E-state index < -0.39 is 11.3 Å². The van der Waals surface area contributed by atoms with Crippen molar-refractivity contribution < 1.29 is 19.1 Å². The predicted molar refractivity (Wildman–Crippen MR) is 109 cm³/mol. The zero-order valence-corrected chi connectivity index (χ0v) is 16.7. The number of carbonyl (C=O) groups is 2. The summed E-state index contributed by atoms with van der Waals surface area (Å²) in [5, 5.41) is 10.8. The molecule has 1 aliphatic rings. The Morgan fingerprint density at radius 2 is 1.86 bits per heavy atom. The molecule has 0 spiro atoms. The van der Waals surface area contributed by atoms with Crippen LogP contribution in [0, 0.1) is 5.92 Å². The van der Waals surface area contributed by atoms with E-state index in [4.69, 9.17) is 9.47 Å². The molecule has 2 atom stereocenters. The van der Waals surface area contributed by atoms with Crippen LogP contribution in [0.3, 0.4) is 0 Å². The summed E-state index contributed by atoms with van der Waals surface area (Å²) in [4.78, 5) is 26.5. The Bertz CT molecular complexity index is 1040. The highest BCUT2D eigenvalue weighted by Crippen LogP contribution is 2.57. The Labute approximate surface area is 171 Å². The van der Waals surface area contributed by atoms with Crippen molar-refractivity contribution in [2.75, 3.05) is 19.5 Å². The van der Waals surface area contributed by atoms with Crippen molar-refractivity contribution in [3.8, 4) is 11.5 Å². The van der Waals surface area contributed by atoms with E-state index in [0.717, 1.165) is 5.56 Å². The summed E-state index contributed by atoms with van der Waals surface area (Å²) >= 11 is 1.24. The number of anilines is 1. The third-order valence-electron chi connectivity index (χ3n) is 5.21. The second-order valence-electron chi connectivity index (χ2n) is 6.73. The summed E-state index contributed by atoms with van der Waals surface area (Å²) in [5.74, 6) is 0.159. The highest BCUT2D eigenvalue weighted by molar-refractivity contribution is 7.13. The SMILES string of the molecule is COc1ccc(C(=O)C2(c3ccccc3)CC2C(=O)Nc2nncs2)cc1OC. The van der Waals surface area contributed by atoms with Gasteiger partial charge < -0.3 is 14.8 Å². The van der Waals surface area contributed by atoms with Crippen LogP contribution in [0.25, 0.3) is 0 Å². The smallest absolute Gasteiger partial charge is 0.230 e. The molecule has 1 aliphatic carbocycles. The predicted octanol–water partition coefficient (Wildman–Crippen LogP) is 3.33. The molecule has 1 fully saturated rings. The number of ketones is 1. The van der Waals surface area contributed by atoms with E-state index in [2.05, 4.69) is 15.5 Å². The molecular weight excluding hydrogens is 390 g/mol. The van der Waals surface area contributed by atoms with Gasteiger partial charge in [-0.15, -0.1) is 10.2 Å². The fourth-order valence-electron chi connectivity index (χ4n) is 3.67. The number of aromatic nitrogens is 2. The topological polar surface area (TPSA) is 90.4 Å². The molecule has 0 aliphatic heterocycles. The minimum atomic E-state index is -0.921. The van der Waals surface area contributed by atoms with Crippen LogP contribution in [0.2, 0.25) is 0 Å². The van der Waals surface area contributed by atoms with Crippen molar-refractivity contribution in [2.45, 2.75) is 11.8 Å². The maximum absolute atomic E-state index is 13.6. The number of carbonyl (C=O) groups excluding carboxylic acids is 2. The standard InChI is InChI=1S/C21H19N3O4S/c1-27-16-9-8-13(10-17(16)28-2)18(25)21(14-6-4-3-5-7-14)11-15(21)19(26)23-20-24-22-12-29-20/h3-10,12,15H,11H2,1-2H3,(H,23,24,26). The van der Waals surface area contributed by atoms with Gasteiger partial charge in [0.1, 0.15) is 5.51 Å². The second kappa shape index (κ2) is 7.63. The highest BCUT2D eigenvalue weighted by Gasteiger charge is 2.64. The lowest BCUT2D eigenvalue weighted by molar-refractivity contribution is -0.117. The minimum absolute atomic E-state index is 0.123. The molecule has 0 saturated heterocycles. The Morgan fingerprint density at radius 3 is 2.52 bits per heavy atom. The van der Waals surface area contributed by atoms with Crippen molar-refractivity contribution in [3.63, 3.8) is 0 Å². The van der Waals surface area contributed by atoms with Gasteiger partial charge >= 0.3 is 0 Å². The van der Waals surface area contributed by atoms with E-state index in [-0.39, 0.29) is 11.7 Å². The van der Waals surface area contributed by atoms with E-state index in [1.807, 2.05) is 30.3 Å². The molecule has 148 valence electrons. The zero-order valence-electron chi connectivity index (χ0n) is 15.9. The first-order chi connectivity index (χ1) is 14.1. The van der Waals surface area contributed by atoms with Crippen molar-refractivity contribution in [1.82, 2.24) is 10.2 Å². The number of rotatable bonds is 7. The highest BCUT2D eigenvalue weighted by atomic mass is 32.1. The molecular formula is C21H19N3O4S. The summed E-state index contributed by atoms with van der Waals surface area (Å²) in [6, 6.07) is 14.5. The lowest BCUT2D eigenvalue weighted by atomic mass is 9.85. The molecule has 3 aromatic rings. The van der Waals surface area contributed by atoms with Gasteiger partial charge in [-0.25, -0.2) is 0 Å². The Hall–Kier alpha value is -3.26. The van der Waals surface area contributed by atoms with E-state index in [1.165, 1.54) is 18.4 Å². The van der Waals surface area contributed by atoms with Gasteiger partial charge in [0.2, 0.25) is 11.0 Å². The number of Topliss-reactive ketones (excluding diaryl/α,β-unsaturated/α-hetero) is 1. The molecule has 1 amide bonds. The zero-order chi connectivity index (χ0) is 20.4. The van der Waals surface area contributed by atoms with Gasteiger partial charge in [-0.2, -0.15) is 0 Å². The molecule has 4 rings (SSSR count). The molecule has 1 saturated carbocycles. The fraction of sp³-hybridized carbons (Fsp3) is 0.238. The van der Waals surface area contributed by atoms with Crippen LogP contribution in [0.15, 0.2) is 54.0 Å². The lowest BCUT2D eigenvalue weighted by Crippen LogP contribution is -2.28. The lowest BCUT2D eigenvalue weighted by Gasteiger charge is -2.18. The Morgan fingerprint density at radius 1 is 1.10 bits per heavy atom. The normalized spacial score (nSPS) is 20.0. The number of nitrogens with one attached hydrogen (secondary N) is 1. The molecule has 8 heteroatoms. The quantitative estimate of drug-likeness (QED) is 0.602. The summed E-state index contributed by atoms with van der Waals surface area (Å²) < 4.78 is 10.6. The number of benzene rings is 2. The fourth-order valence-corrected chi connectivity index (χ4v) is 4.12. The van der Waals surface area contributed by atoms with Gasteiger partial charge in [0.15, 0.2) is 17.3 Å². The van der Waals surface area contributed by atoms with E-state index in [1.54, 1.807) is 30.8 Å². The summed E-state index contributed by atoms with van der Waals surface area (Å²) in [5.41, 5.74) is 1.91. The van der Waals surface area contributed by atoms with Gasteiger partial charge in [0.25, 0.3) is 0 Å². The molecule has 2 unspecified atom stereocenters. The first-order valence-corrected chi connectivity index (χ1v) is 9.87. The van der Waals surface area contributed by atoms with Crippen molar-refractivity contribution in [3.05, 3.63) is 65.2 Å². The first kappa shape index (κ1) is 19.1. The number of methoxy groups -OCH3 is 2. The number of ether oxygens (including phenoxy) is 2. The van der Waals surface area contributed by atoms with Gasteiger partial charge in [-0.3, -0.25) is 9.59 Å². The molecule has 7 nitrogen and oxygen atoms in total. The Balaban J connectivity index is 1.69. The Kier molecular flexibility index (Phi) is 5.02.